The van der Waals surface area contributed by atoms with Gasteiger partial charge in [-0.15, -0.1) is 0 Å². The van der Waals surface area contributed by atoms with Crippen LogP contribution in [-0.2, 0) is 20.9 Å². The Kier molecular flexibility index (Phi) is 6.59. The van der Waals surface area contributed by atoms with Crippen molar-refractivity contribution in [3.05, 3.63) is 29.8 Å². The van der Waals surface area contributed by atoms with E-state index in [1.165, 1.54) is 0 Å². The lowest BCUT2D eigenvalue weighted by Gasteiger charge is -2.29. The molecule has 1 aromatic rings. The molecule has 3 atom stereocenters. The third-order valence-corrected chi connectivity index (χ3v) is 5.39. The topological polar surface area (TPSA) is 67.4 Å². The largest absolute Gasteiger partial charge is 0.391 e. The normalized spacial score (nSPS) is 25.3. The summed E-state index contributed by atoms with van der Waals surface area (Å²) in [5.41, 5.74) is 1.36. The van der Waals surface area contributed by atoms with Crippen molar-refractivity contribution in [1.82, 2.24) is 5.32 Å². The Hall–Kier alpha value is -2.09. The van der Waals surface area contributed by atoms with Crippen molar-refractivity contribution in [1.29, 1.82) is 0 Å². The minimum Gasteiger partial charge on any atom is -0.368 e. The molecule has 28 heavy (non-hydrogen) atoms. The van der Waals surface area contributed by atoms with Gasteiger partial charge in [0.05, 0.1) is 5.92 Å². The zero-order valence-corrected chi connectivity index (χ0v) is 15.6. The van der Waals surface area contributed by atoms with Gasteiger partial charge in [-0.2, -0.15) is 13.2 Å². The van der Waals surface area contributed by atoms with Gasteiger partial charge in [-0.25, -0.2) is 0 Å². The predicted molar refractivity (Wildman–Crippen MR) is 97.4 cm³/mol. The van der Waals surface area contributed by atoms with E-state index in [1.807, 2.05) is 0 Å². The number of hydrogen-bond acceptors (Lipinski definition) is 3. The zero-order chi connectivity index (χ0) is 20.1. The van der Waals surface area contributed by atoms with Crippen molar-refractivity contribution in [3.63, 3.8) is 0 Å². The number of amides is 2. The predicted octanol–water partition coefficient (Wildman–Crippen LogP) is 3.79. The van der Waals surface area contributed by atoms with Gasteiger partial charge >= 0.3 is 6.18 Å². The first kappa shape index (κ1) is 20.6. The molecule has 0 spiro atoms. The van der Waals surface area contributed by atoms with Crippen molar-refractivity contribution in [2.24, 2.45) is 11.8 Å². The summed E-state index contributed by atoms with van der Waals surface area (Å²) in [5.74, 6) is -2.54. The molecule has 2 fully saturated rings. The molecule has 2 amide bonds. The van der Waals surface area contributed by atoms with E-state index < -0.39 is 24.1 Å². The van der Waals surface area contributed by atoms with Gasteiger partial charge in [-0.3, -0.25) is 9.59 Å². The number of benzene rings is 1. The molecule has 3 unspecified atom stereocenters. The average Bonchev–Trinajstić information content (AvgIpc) is 3.21. The minimum atomic E-state index is -4.24. The van der Waals surface area contributed by atoms with Crippen LogP contribution < -0.4 is 10.6 Å². The number of carbonyl (C=O) groups excluding carboxylic acids is 2. The van der Waals surface area contributed by atoms with Crippen LogP contribution in [0.15, 0.2) is 24.3 Å². The summed E-state index contributed by atoms with van der Waals surface area (Å²) >= 11 is 0. The third kappa shape index (κ3) is 5.47. The van der Waals surface area contributed by atoms with Gasteiger partial charge < -0.3 is 15.4 Å². The van der Waals surface area contributed by atoms with Gasteiger partial charge in [0.15, 0.2) is 0 Å². The first-order chi connectivity index (χ1) is 13.3. The van der Waals surface area contributed by atoms with Crippen LogP contribution >= 0.6 is 0 Å². The van der Waals surface area contributed by atoms with E-state index in [4.69, 9.17) is 4.74 Å². The summed E-state index contributed by atoms with van der Waals surface area (Å²) in [6.45, 7) is 0.788. The van der Waals surface area contributed by atoms with Crippen molar-refractivity contribution in [2.75, 3.05) is 11.9 Å². The SMILES string of the molecule is O=C(NCc1cccc(NC(=O)C2CCCO2)c1)C1CCCC(C(F)(F)F)C1. The number of rotatable bonds is 5. The minimum absolute atomic E-state index is 0.0970. The molecule has 2 N–H and O–H groups in total. The molecular formula is C20H25F3N2O3. The van der Waals surface area contributed by atoms with Crippen molar-refractivity contribution >= 4 is 17.5 Å². The van der Waals surface area contributed by atoms with Crippen LogP contribution in [-0.4, -0.2) is 30.7 Å². The van der Waals surface area contributed by atoms with Gasteiger partial charge in [0, 0.05) is 24.8 Å². The molecule has 2 aliphatic rings. The van der Waals surface area contributed by atoms with Gasteiger partial charge in [-0.1, -0.05) is 18.6 Å². The zero-order valence-electron chi connectivity index (χ0n) is 15.6. The molecule has 0 bridgehead atoms. The van der Waals surface area contributed by atoms with E-state index in [0.717, 1.165) is 12.0 Å². The molecule has 1 aromatic carbocycles. The van der Waals surface area contributed by atoms with Crippen molar-refractivity contribution < 1.29 is 27.5 Å². The first-order valence-electron chi connectivity index (χ1n) is 9.69. The Balaban J connectivity index is 1.51. The van der Waals surface area contributed by atoms with Crippen LogP contribution in [0, 0.1) is 11.8 Å². The Bertz CT molecular complexity index is 702. The maximum Gasteiger partial charge on any atom is 0.391 e. The summed E-state index contributed by atoms with van der Waals surface area (Å²) in [6.07, 6.45) is -2.27. The third-order valence-electron chi connectivity index (χ3n) is 5.39. The second-order valence-electron chi connectivity index (χ2n) is 7.51. The summed E-state index contributed by atoms with van der Waals surface area (Å²) in [6, 6.07) is 7.04. The lowest BCUT2D eigenvalue weighted by molar-refractivity contribution is -0.186. The number of nitrogens with one attached hydrogen (secondary N) is 2. The molecule has 1 heterocycles. The maximum atomic E-state index is 12.9. The van der Waals surface area contributed by atoms with Crippen molar-refractivity contribution in [3.8, 4) is 0 Å². The van der Waals surface area contributed by atoms with Gasteiger partial charge in [0.2, 0.25) is 5.91 Å². The number of alkyl halides is 3. The van der Waals surface area contributed by atoms with E-state index in [1.54, 1.807) is 24.3 Å². The second-order valence-corrected chi connectivity index (χ2v) is 7.51. The maximum absolute atomic E-state index is 12.9. The highest BCUT2D eigenvalue weighted by molar-refractivity contribution is 5.94. The quantitative estimate of drug-likeness (QED) is 0.793. The van der Waals surface area contributed by atoms with Crippen LogP contribution in [0.3, 0.4) is 0 Å². The fourth-order valence-corrected chi connectivity index (χ4v) is 3.82. The molecule has 1 saturated carbocycles. The van der Waals surface area contributed by atoms with Gasteiger partial charge in [0.1, 0.15) is 6.10 Å². The standard InChI is InChI=1S/C20H25F3N2O3/c21-20(22,23)15-6-2-5-14(11-15)18(26)24-12-13-4-1-7-16(10-13)25-19(27)17-8-3-9-28-17/h1,4,7,10,14-15,17H,2-3,5-6,8-9,11-12H2,(H,24,26)(H,25,27). The van der Waals surface area contributed by atoms with Crippen LogP contribution in [0.25, 0.3) is 0 Å². The molecule has 3 rings (SSSR count). The van der Waals surface area contributed by atoms with E-state index in [-0.39, 0.29) is 31.2 Å². The molecule has 1 saturated heterocycles. The van der Waals surface area contributed by atoms with E-state index in [0.29, 0.717) is 31.6 Å². The lowest BCUT2D eigenvalue weighted by Crippen LogP contribution is -2.37. The van der Waals surface area contributed by atoms with Gasteiger partial charge in [-0.05, 0) is 49.8 Å². The van der Waals surface area contributed by atoms with Gasteiger partial charge in [0.25, 0.3) is 5.91 Å². The van der Waals surface area contributed by atoms with Crippen LogP contribution in [0.1, 0.15) is 44.1 Å². The molecule has 1 aliphatic carbocycles. The first-order valence-corrected chi connectivity index (χ1v) is 9.69. The fourth-order valence-electron chi connectivity index (χ4n) is 3.82. The second kappa shape index (κ2) is 8.94. The summed E-state index contributed by atoms with van der Waals surface area (Å²) < 4.78 is 44.1. The molecule has 0 radical (unpaired) electrons. The van der Waals surface area contributed by atoms with Crippen molar-refractivity contribution in [2.45, 2.75) is 57.3 Å². The Morgan fingerprint density at radius 1 is 1.11 bits per heavy atom. The molecular weight excluding hydrogens is 373 g/mol. The summed E-state index contributed by atoms with van der Waals surface area (Å²) in [7, 11) is 0. The molecule has 1 aliphatic heterocycles. The number of carbonyl (C=O) groups is 2. The van der Waals surface area contributed by atoms with E-state index >= 15 is 0 Å². The van der Waals surface area contributed by atoms with Crippen LogP contribution in [0.2, 0.25) is 0 Å². The highest BCUT2D eigenvalue weighted by Crippen LogP contribution is 2.39. The van der Waals surface area contributed by atoms with Crippen LogP contribution in [0.5, 0.6) is 0 Å². The molecule has 8 heteroatoms. The highest BCUT2D eigenvalue weighted by atomic mass is 19.4. The number of anilines is 1. The lowest BCUT2D eigenvalue weighted by atomic mass is 9.80. The number of hydrogen-bond donors (Lipinski definition) is 2. The van der Waals surface area contributed by atoms with Crippen LogP contribution in [0.4, 0.5) is 18.9 Å². The molecule has 0 aromatic heterocycles. The molecule has 154 valence electrons. The summed E-state index contributed by atoms with van der Waals surface area (Å²) in [4.78, 5) is 24.4. The Morgan fingerprint density at radius 2 is 1.93 bits per heavy atom. The smallest absolute Gasteiger partial charge is 0.368 e. The molecule has 5 nitrogen and oxygen atoms in total. The Morgan fingerprint density at radius 3 is 2.64 bits per heavy atom. The number of halogens is 3. The van der Waals surface area contributed by atoms with E-state index in [9.17, 15) is 22.8 Å². The average molecular weight is 398 g/mol. The fraction of sp³-hybridized carbons (Fsp3) is 0.600. The monoisotopic (exact) mass is 398 g/mol. The Labute approximate surface area is 162 Å². The van der Waals surface area contributed by atoms with E-state index in [2.05, 4.69) is 10.6 Å². The number of ether oxygens (including phenoxy) is 1. The summed E-state index contributed by atoms with van der Waals surface area (Å²) in [5, 5.41) is 5.53. The highest BCUT2D eigenvalue weighted by Gasteiger charge is 2.43.